The molecule has 0 aliphatic carbocycles. The molecule has 2 aromatic rings. The van der Waals surface area contributed by atoms with E-state index in [0.29, 0.717) is 5.56 Å². The van der Waals surface area contributed by atoms with Gasteiger partial charge in [-0.3, -0.25) is 0 Å². The summed E-state index contributed by atoms with van der Waals surface area (Å²) in [6.45, 7) is 0.0971. The number of aliphatic hydroxyl groups is 1. The lowest BCUT2D eigenvalue weighted by Crippen LogP contribution is -2.26. The van der Waals surface area contributed by atoms with E-state index in [9.17, 15) is 13.5 Å². The van der Waals surface area contributed by atoms with Crippen LogP contribution >= 0.6 is 11.6 Å². The summed E-state index contributed by atoms with van der Waals surface area (Å²) < 4.78 is 31.3. The number of rotatable bonds is 6. The lowest BCUT2D eigenvalue weighted by atomic mass is 10.1. The molecule has 1 aromatic carbocycles. The minimum atomic E-state index is -3.67. The van der Waals surface area contributed by atoms with Crippen LogP contribution in [0.5, 0.6) is 0 Å². The predicted octanol–water partition coefficient (Wildman–Crippen LogP) is 2.33. The minimum Gasteiger partial charge on any atom is -0.472 e. The molecule has 108 valence electrons. The summed E-state index contributed by atoms with van der Waals surface area (Å²) in [5.74, 6) is 0. The second kappa shape index (κ2) is 6.41. The van der Waals surface area contributed by atoms with Crippen LogP contribution in [-0.4, -0.2) is 20.1 Å². The fraction of sp³-hybridized carbons (Fsp3) is 0.231. The van der Waals surface area contributed by atoms with E-state index in [-0.39, 0.29) is 22.9 Å². The molecule has 1 aromatic heterocycles. The highest BCUT2D eigenvalue weighted by atomic mass is 35.5. The van der Waals surface area contributed by atoms with E-state index in [4.69, 9.17) is 16.0 Å². The van der Waals surface area contributed by atoms with Crippen LogP contribution in [0.15, 0.2) is 52.2 Å². The average Bonchev–Trinajstić information content (AvgIpc) is 2.92. The molecular formula is C13H14ClNO4S. The Bertz CT molecular complexity index is 655. The van der Waals surface area contributed by atoms with Gasteiger partial charge in [0, 0.05) is 12.1 Å². The van der Waals surface area contributed by atoms with E-state index in [1.54, 1.807) is 18.2 Å². The van der Waals surface area contributed by atoms with Crippen LogP contribution in [0.2, 0.25) is 5.02 Å². The quantitative estimate of drug-likeness (QED) is 0.857. The van der Waals surface area contributed by atoms with Crippen LogP contribution in [-0.2, 0) is 10.0 Å². The molecule has 0 spiro atoms. The molecule has 0 bridgehead atoms. The topological polar surface area (TPSA) is 79.5 Å². The molecule has 0 fully saturated rings. The van der Waals surface area contributed by atoms with E-state index in [0.717, 1.165) is 0 Å². The third-order valence-electron chi connectivity index (χ3n) is 2.76. The maximum absolute atomic E-state index is 12.0. The fourth-order valence-corrected chi connectivity index (χ4v) is 3.27. The molecule has 0 amide bonds. The summed E-state index contributed by atoms with van der Waals surface area (Å²) >= 11 is 5.85. The van der Waals surface area contributed by atoms with Crippen LogP contribution in [0, 0.1) is 0 Å². The lowest BCUT2D eigenvalue weighted by molar-refractivity contribution is 0.168. The molecular weight excluding hydrogens is 302 g/mol. The van der Waals surface area contributed by atoms with Crippen molar-refractivity contribution in [2.24, 2.45) is 0 Å². The molecule has 1 atom stereocenters. The molecule has 0 aliphatic rings. The number of benzene rings is 1. The zero-order chi connectivity index (χ0) is 14.6. The number of nitrogens with one attached hydrogen (secondary N) is 1. The summed E-state index contributed by atoms with van der Waals surface area (Å²) in [4.78, 5) is 0.0273. The van der Waals surface area contributed by atoms with Gasteiger partial charge in [-0.1, -0.05) is 23.7 Å². The van der Waals surface area contributed by atoms with Crippen molar-refractivity contribution >= 4 is 21.6 Å². The first-order chi connectivity index (χ1) is 9.50. The number of aliphatic hydroxyl groups excluding tert-OH is 1. The summed E-state index contributed by atoms with van der Waals surface area (Å²) in [5, 5.41) is 9.97. The largest absolute Gasteiger partial charge is 0.472 e. The van der Waals surface area contributed by atoms with Crippen LogP contribution < -0.4 is 4.72 Å². The summed E-state index contributed by atoms with van der Waals surface area (Å²) in [6.07, 6.45) is 2.34. The monoisotopic (exact) mass is 315 g/mol. The Morgan fingerprint density at radius 3 is 2.70 bits per heavy atom. The number of hydrogen-bond donors (Lipinski definition) is 2. The zero-order valence-electron chi connectivity index (χ0n) is 10.5. The van der Waals surface area contributed by atoms with Crippen molar-refractivity contribution in [3.63, 3.8) is 0 Å². The Kier molecular flexibility index (Phi) is 4.82. The Labute approximate surface area is 122 Å². The van der Waals surface area contributed by atoms with Gasteiger partial charge in [0.25, 0.3) is 0 Å². The molecule has 2 N–H and O–H groups in total. The van der Waals surface area contributed by atoms with Gasteiger partial charge >= 0.3 is 0 Å². The maximum atomic E-state index is 12.0. The number of sulfonamides is 1. The summed E-state index contributed by atoms with van der Waals surface area (Å²) in [6, 6.07) is 7.83. The van der Waals surface area contributed by atoms with Crippen molar-refractivity contribution in [1.29, 1.82) is 0 Å². The molecule has 1 heterocycles. The summed E-state index contributed by atoms with van der Waals surface area (Å²) in [7, 11) is -3.67. The first kappa shape index (κ1) is 15.1. The Morgan fingerprint density at radius 2 is 2.05 bits per heavy atom. The normalized spacial score (nSPS) is 13.3. The van der Waals surface area contributed by atoms with Crippen LogP contribution in [0.3, 0.4) is 0 Å². The third kappa shape index (κ3) is 3.61. The number of hydrogen-bond acceptors (Lipinski definition) is 4. The molecule has 0 saturated carbocycles. The van der Waals surface area contributed by atoms with Crippen LogP contribution in [0.25, 0.3) is 0 Å². The molecule has 20 heavy (non-hydrogen) atoms. The molecule has 0 saturated heterocycles. The fourth-order valence-electron chi connectivity index (χ4n) is 1.70. The Morgan fingerprint density at radius 1 is 1.30 bits per heavy atom. The smallest absolute Gasteiger partial charge is 0.242 e. The van der Waals surface area contributed by atoms with Gasteiger partial charge in [-0.2, -0.15) is 0 Å². The SMILES string of the molecule is O=S(=O)(NCC[C@@H](O)c1ccoc1)c1ccccc1Cl. The van der Waals surface area contributed by atoms with Gasteiger partial charge in [-0.25, -0.2) is 13.1 Å². The van der Waals surface area contributed by atoms with E-state index in [1.165, 1.54) is 24.7 Å². The summed E-state index contributed by atoms with van der Waals surface area (Å²) in [5.41, 5.74) is 0.613. The van der Waals surface area contributed by atoms with Gasteiger partial charge in [0.1, 0.15) is 4.90 Å². The van der Waals surface area contributed by atoms with Gasteiger partial charge in [0.05, 0.1) is 23.7 Å². The first-order valence-corrected chi connectivity index (χ1v) is 7.81. The van der Waals surface area contributed by atoms with Crippen LogP contribution in [0.1, 0.15) is 18.1 Å². The number of halogens is 1. The van der Waals surface area contributed by atoms with Crippen molar-refractivity contribution in [3.8, 4) is 0 Å². The second-order valence-electron chi connectivity index (χ2n) is 4.19. The zero-order valence-corrected chi connectivity index (χ0v) is 12.1. The molecule has 2 rings (SSSR count). The lowest BCUT2D eigenvalue weighted by Gasteiger charge is -2.10. The Hall–Kier alpha value is -1.34. The van der Waals surface area contributed by atoms with E-state index < -0.39 is 16.1 Å². The van der Waals surface area contributed by atoms with Crippen molar-refractivity contribution in [3.05, 3.63) is 53.4 Å². The van der Waals surface area contributed by atoms with Gasteiger partial charge in [0.15, 0.2) is 0 Å². The highest BCUT2D eigenvalue weighted by molar-refractivity contribution is 7.89. The van der Waals surface area contributed by atoms with Crippen molar-refractivity contribution < 1.29 is 17.9 Å². The molecule has 0 radical (unpaired) electrons. The average molecular weight is 316 g/mol. The first-order valence-electron chi connectivity index (χ1n) is 5.95. The maximum Gasteiger partial charge on any atom is 0.242 e. The van der Waals surface area contributed by atoms with Gasteiger partial charge in [-0.15, -0.1) is 0 Å². The highest BCUT2D eigenvalue weighted by Crippen LogP contribution is 2.21. The third-order valence-corrected chi connectivity index (χ3v) is 4.72. The predicted molar refractivity (Wildman–Crippen MR) is 74.9 cm³/mol. The minimum absolute atomic E-state index is 0.0273. The van der Waals surface area contributed by atoms with Crippen molar-refractivity contribution in [1.82, 2.24) is 4.72 Å². The molecule has 0 aliphatic heterocycles. The van der Waals surface area contributed by atoms with E-state index in [1.807, 2.05) is 0 Å². The molecule has 7 heteroatoms. The molecule has 5 nitrogen and oxygen atoms in total. The van der Waals surface area contributed by atoms with E-state index in [2.05, 4.69) is 4.72 Å². The molecule has 0 unspecified atom stereocenters. The Balaban J connectivity index is 1.95. The van der Waals surface area contributed by atoms with Crippen LogP contribution in [0.4, 0.5) is 0 Å². The van der Waals surface area contributed by atoms with Gasteiger partial charge in [0.2, 0.25) is 10.0 Å². The standard InChI is InChI=1S/C13H14ClNO4S/c14-11-3-1-2-4-13(11)20(17,18)15-7-5-12(16)10-6-8-19-9-10/h1-4,6,8-9,12,15-16H,5,7H2/t12-/m1/s1. The second-order valence-corrected chi connectivity index (χ2v) is 6.33. The highest BCUT2D eigenvalue weighted by Gasteiger charge is 2.17. The number of furan rings is 1. The van der Waals surface area contributed by atoms with Crippen molar-refractivity contribution in [2.45, 2.75) is 17.4 Å². The van der Waals surface area contributed by atoms with Crippen molar-refractivity contribution in [2.75, 3.05) is 6.54 Å². The van der Waals surface area contributed by atoms with Gasteiger partial charge in [-0.05, 0) is 24.6 Å². The van der Waals surface area contributed by atoms with E-state index >= 15 is 0 Å². The van der Waals surface area contributed by atoms with Gasteiger partial charge < -0.3 is 9.52 Å².